The second-order valence-corrected chi connectivity index (χ2v) is 4.69. The van der Waals surface area contributed by atoms with Gasteiger partial charge < -0.3 is 4.90 Å². The number of hydrogen-bond acceptors (Lipinski definition) is 3. The van der Waals surface area contributed by atoms with Gasteiger partial charge in [-0.3, -0.25) is 4.79 Å². The maximum absolute atomic E-state index is 13.1. The van der Waals surface area contributed by atoms with Crippen LogP contribution in [0.2, 0.25) is 5.02 Å². The zero-order valence-corrected chi connectivity index (χ0v) is 10.9. The van der Waals surface area contributed by atoms with Crippen LogP contribution in [0, 0.1) is 4.91 Å². The van der Waals surface area contributed by atoms with Gasteiger partial charge in [-0.15, -0.1) is 4.91 Å². The van der Waals surface area contributed by atoms with Gasteiger partial charge in [0, 0.05) is 22.9 Å². The third-order valence-corrected chi connectivity index (χ3v) is 3.24. The molecule has 2 rings (SSSR count). The van der Waals surface area contributed by atoms with E-state index in [4.69, 9.17) is 11.6 Å². The topological polar surface area (TPSA) is 49.7 Å². The molecule has 0 bridgehead atoms. The van der Waals surface area contributed by atoms with Crippen LogP contribution in [0.1, 0.15) is 5.56 Å². The van der Waals surface area contributed by atoms with E-state index in [1.807, 2.05) is 0 Å². The molecule has 1 amide bonds. The van der Waals surface area contributed by atoms with Gasteiger partial charge in [-0.25, -0.2) is 0 Å². The number of anilines is 1. The molecule has 1 atom stereocenters. The highest BCUT2D eigenvalue weighted by Crippen LogP contribution is 2.40. The van der Waals surface area contributed by atoms with Crippen molar-refractivity contribution in [3.05, 3.63) is 39.3 Å². The molecular weight excluding hydrogens is 297 g/mol. The van der Waals surface area contributed by atoms with Crippen molar-refractivity contribution < 1.29 is 18.0 Å². The van der Waals surface area contributed by atoms with Gasteiger partial charge in [0.15, 0.2) is 6.04 Å². The number of rotatable bonds is 1. The molecule has 0 fully saturated rings. The Balaban J connectivity index is 2.65. The molecule has 0 aliphatic carbocycles. The fourth-order valence-corrected chi connectivity index (χ4v) is 2.36. The first-order chi connectivity index (χ1) is 9.25. The predicted molar refractivity (Wildman–Crippen MR) is 68.5 cm³/mol. The fraction of sp³-hybridized carbons (Fsp3) is 0.250. The minimum Gasteiger partial charge on any atom is -0.359 e. The number of nitrogens with zero attached hydrogens (tertiary/aromatic N) is 2. The summed E-state index contributed by atoms with van der Waals surface area (Å²) >= 11 is 5.77. The van der Waals surface area contributed by atoms with E-state index in [0.717, 1.165) is 11.0 Å². The third kappa shape index (κ3) is 2.40. The normalized spacial score (nSPS) is 18.4. The van der Waals surface area contributed by atoms with Crippen molar-refractivity contribution in [1.29, 1.82) is 0 Å². The Bertz CT molecular complexity index is 613. The van der Waals surface area contributed by atoms with E-state index in [2.05, 4.69) is 5.18 Å². The van der Waals surface area contributed by atoms with Crippen LogP contribution in [0.3, 0.4) is 0 Å². The lowest BCUT2D eigenvalue weighted by molar-refractivity contribution is -0.143. The molecule has 1 unspecified atom stereocenters. The molecule has 20 heavy (non-hydrogen) atoms. The van der Waals surface area contributed by atoms with Gasteiger partial charge in [0.05, 0.1) is 5.57 Å². The first-order valence-corrected chi connectivity index (χ1v) is 5.82. The largest absolute Gasteiger partial charge is 0.413 e. The molecule has 0 radical (unpaired) electrons. The lowest BCUT2D eigenvalue weighted by Gasteiger charge is -2.36. The van der Waals surface area contributed by atoms with Gasteiger partial charge >= 0.3 is 12.1 Å². The average Bonchev–Trinajstić information content (AvgIpc) is 2.35. The maximum Gasteiger partial charge on any atom is 0.413 e. The van der Waals surface area contributed by atoms with E-state index in [0.29, 0.717) is 10.6 Å². The molecule has 1 aliphatic heterocycles. The summed E-state index contributed by atoms with van der Waals surface area (Å²) in [6, 6.07) is 2.07. The molecule has 106 valence electrons. The number of fused-ring (bicyclic) bond motifs is 1. The van der Waals surface area contributed by atoms with Crippen molar-refractivity contribution in [2.75, 3.05) is 11.9 Å². The summed E-state index contributed by atoms with van der Waals surface area (Å²) in [4.78, 5) is 22.5. The molecule has 8 heteroatoms. The predicted octanol–water partition coefficient (Wildman–Crippen LogP) is 3.40. The Morgan fingerprint density at radius 1 is 1.40 bits per heavy atom. The van der Waals surface area contributed by atoms with Crippen LogP contribution < -0.4 is 4.90 Å². The number of likely N-dealkylation sites (N-methyl/N-ethyl adjacent to an activating group) is 1. The molecule has 0 spiro atoms. The smallest absolute Gasteiger partial charge is 0.359 e. The van der Waals surface area contributed by atoms with Gasteiger partial charge in [0.25, 0.3) is 0 Å². The number of amides is 1. The molecule has 0 saturated heterocycles. The van der Waals surface area contributed by atoms with E-state index < -0.39 is 23.7 Å². The number of nitroso groups, excluding NO2 is 1. The first kappa shape index (κ1) is 14.5. The standard InChI is InChI=1S/C12H8ClF3N2O2/c1-18-9-3-2-7(13)4-6(9)5-8(11(19)17-20)10(18)12(14,15)16/h2-5,10H,1H3. The van der Waals surface area contributed by atoms with Gasteiger partial charge in [-0.05, 0) is 29.8 Å². The number of hydrogen-bond donors (Lipinski definition) is 0. The van der Waals surface area contributed by atoms with E-state index in [1.165, 1.54) is 25.2 Å². The van der Waals surface area contributed by atoms with Crippen molar-refractivity contribution >= 4 is 29.3 Å². The number of alkyl halides is 3. The maximum atomic E-state index is 13.1. The summed E-state index contributed by atoms with van der Waals surface area (Å²) in [6.07, 6.45) is -3.71. The lowest BCUT2D eigenvalue weighted by Crippen LogP contribution is -2.48. The van der Waals surface area contributed by atoms with Crippen molar-refractivity contribution in [2.24, 2.45) is 5.18 Å². The quantitative estimate of drug-likeness (QED) is 0.747. The minimum atomic E-state index is -4.71. The van der Waals surface area contributed by atoms with E-state index in [1.54, 1.807) is 0 Å². The van der Waals surface area contributed by atoms with Gasteiger partial charge in [0.2, 0.25) is 0 Å². The number of carbonyl (C=O) groups is 1. The van der Waals surface area contributed by atoms with Crippen LogP contribution in [0.25, 0.3) is 6.08 Å². The summed E-state index contributed by atoms with van der Waals surface area (Å²) in [7, 11) is 1.19. The average molecular weight is 305 g/mol. The second-order valence-electron chi connectivity index (χ2n) is 4.25. The van der Waals surface area contributed by atoms with Crippen molar-refractivity contribution in [3.8, 4) is 0 Å². The molecule has 0 N–H and O–H groups in total. The SMILES string of the molecule is CN1c2ccc(Cl)cc2C=C(C(=O)N=O)C1C(F)(F)F. The highest BCUT2D eigenvalue weighted by molar-refractivity contribution is 6.30. The molecule has 1 aliphatic rings. The summed E-state index contributed by atoms with van der Waals surface area (Å²) in [5.41, 5.74) is -0.128. The lowest BCUT2D eigenvalue weighted by atomic mass is 9.95. The Labute approximate surface area is 116 Å². The van der Waals surface area contributed by atoms with Crippen molar-refractivity contribution in [2.45, 2.75) is 12.2 Å². The zero-order chi connectivity index (χ0) is 15.1. The zero-order valence-electron chi connectivity index (χ0n) is 10.1. The third-order valence-electron chi connectivity index (χ3n) is 3.00. The van der Waals surface area contributed by atoms with Crippen LogP contribution in [0.15, 0.2) is 28.9 Å². The van der Waals surface area contributed by atoms with E-state index in [-0.39, 0.29) is 5.69 Å². The van der Waals surface area contributed by atoms with Gasteiger partial charge in [-0.2, -0.15) is 13.2 Å². The highest BCUT2D eigenvalue weighted by atomic mass is 35.5. The molecule has 0 aromatic heterocycles. The Morgan fingerprint density at radius 3 is 2.60 bits per heavy atom. The van der Waals surface area contributed by atoms with Gasteiger partial charge in [-0.1, -0.05) is 11.6 Å². The number of benzene rings is 1. The molecular formula is C12H8ClF3N2O2. The second kappa shape index (κ2) is 4.90. The van der Waals surface area contributed by atoms with Crippen LogP contribution in [0.5, 0.6) is 0 Å². The summed E-state index contributed by atoms with van der Waals surface area (Å²) < 4.78 is 39.3. The van der Waals surface area contributed by atoms with Crippen LogP contribution in [0.4, 0.5) is 18.9 Å². The monoisotopic (exact) mass is 304 g/mol. The Morgan fingerprint density at radius 2 is 2.05 bits per heavy atom. The van der Waals surface area contributed by atoms with Crippen LogP contribution in [-0.2, 0) is 4.79 Å². The summed E-state index contributed by atoms with van der Waals surface area (Å²) in [5.74, 6) is -1.44. The molecule has 0 saturated carbocycles. The Kier molecular flexibility index (Phi) is 3.56. The first-order valence-electron chi connectivity index (χ1n) is 5.44. The van der Waals surface area contributed by atoms with Gasteiger partial charge in [0.1, 0.15) is 0 Å². The van der Waals surface area contributed by atoms with Crippen LogP contribution >= 0.6 is 11.6 Å². The summed E-state index contributed by atoms with van der Waals surface area (Å²) in [5, 5.41) is 2.40. The minimum absolute atomic E-state index is 0.263. The summed E-state index contributed by atoms with van der Waals surface area (Å²) in [6.45, 7) is 0. The molecule has 1 aromatic rings. The van der Waals surface area contributed by atoms with Crippen molar-refractivity contribution in [3.63, 3.8) is 0 Å². The highest BCUT2D eigenvalue weighted by Gasteiger charge is 2.49. The Hall–Kier alpha value is -1.89. The van der Waals surface area contributed by atoms with Crippen molar-refractivity contribution in [1.82, 2.24) is 0 Å². The van der Waals surface area contributed by atoms with Crippen LogP contribution in [-0.4, -0.2) is 25.2 Å². The molecule has 1 heterocycles. The number of halogens is 4. The fourth-order valence-electron chi connectivity index (χ4n) is 2.18. The molecule has 1 aromatic carbocycles. The number of carbonyl (C=O) groups excluding carboxylic acids is 1. The van der Waals surface area contributed by atoms with E-state index in [9.17, 15) is 22.9 Å². The van der Waals surface area contributed by atoms with E-state index >= 15 is 0 Å². The molecule has 4 nitrogen and oxygen atoms in total.